The predicted octanol–water partition coefficient (Wildman–Crippen LogP) is 5.14. The second-order valence-corrected chi connectivity index (χ2v) is 6.01. The molecule has 1 aromatic heterocycles. The van der Waals surface area contributed by atoms with Gasteiger partial charge in [0.15, 0.2) is 0 Å². The summed E-state index contributed by atoms with van der Waals surface area (Å²) in [5.74, 6) is -1.08. The molecule has 1 heterocycles. The molecule has 3 rings (SSSR count). The molecule has 7 heteroatoms. The van der Waals surface area contributed by atoms with Gasteiger partial charge in [-0.3, -0.25) is 4.98 Å². The van der Waals surface area contributed by atoms with Gasteiger partial charge in [-0.15, -0.1) is 0 Å². The predicted molar refractivity (Wildman–Crippen MR) is 98.2 cm³/mol. The van der Waals surface area contributed by atoms with E-state index in [-0.39, 0.29) is 16.4 Å². The van der Waals surface area contributed by atoms with Crippen molar-refractivity contribution in [2.24, 2.45) is 5.16 Å². The maximum Gasteiger partial charge on any atom is 0.365 e. The minimum absolute atomic E-state index is 0.202. The number of pyridine rings is 1. The summed E-state index contributed by atoms with van der Waals surface area (Å²) in [6.45, 7) is 0. The fraction of sp³-hybridized carbons (Fsp3) is 0. The molecule has 0 N–H and O–H groups in total. The SMILES string of the molecule is O=C(ON=C(c1ccc(F)cc1)c1cccnc1)c1ccc(Cl)c(Cl)c1. The van der Waals surface area contributed by atoms with Crippen molar-refractivity contribution in [2.45, 2.75) is 0 Å². The number of hydrogen-bond donors (Lipinski definition) is 0. The number of halogens is 3. The highest BCUT2D eigenvalue weighted by molar-refractivity contribution is 6.42. The Morgan fingerprint density at radius 2 is 1.69 bits per heavy atom. The molecule has 0 saturated carbocycles. The highest BCUT2D eigenvalue weighted by Crippen LogP contribution is 2.23. The molecule has 0 aliphatic carbocycles. The molecule has 0 bridgehead atoms. The lowest BCUT2D eigenvalue weighted by Crippen LogP contribution is -2.08. The number of benzene rings is 2. The van der Waals surface area contributed by atoms with Gasteiger partial charge in [0.2, 0.25) is 0 Å². The summed E-state index contributed by atoms with van der Waals surface area (Å²) >= 11 is 11.7. The number of aromatic nitrogens is 1. The number of rotatable bonds is 4. The summed E-state index contributed by atoms with van der Waals surface area (Å²) in [5.41, 5.74) is 1.72. The molecule has 0 atom stereocenters. The number of carbonyl (C=O) groups is 1. The quantitative estimate of drug-likeness (QED) is 0.353. The zero-order chi connectivity index (χ0) is 18.5. The van der Waals surface area contributed by atoms with Crippen LogP contribution in [-0.4, -0.2) is 16.7 Å². The normalized spacial score (nSPS) is 11.3. The number of hydrogen-bond acceptors (Lipinski definition) is 4. The van der Waals surface area contributed by atoms with E-state index in [1.165, 1.54) is 42.5 Å². The van der Waals surface area contributed by atoms with Gasteiger partial charge in [-0.2, -0.15) is 0 Å². The Morgan fingerprint density at radius 3 is 2.35 bits per heavy atom. The lowest BCUT2D eigenvalue weighted by Gasteiger charge is -2.07. The molecule has 4 nitrogen and oxygen atoms in total. The zero-order valence-corrected chi connectivity index (χ0v) is 14.7. The standard InChI is InChI=1S/C19H11Cl2FN2O2/c20-16-8-5-13(10-17(16)21)19(25)26-24-18(14-2-1-9-23-11-14)12-3-6-15(22)7-4-12/h1-11H. The van der Waals surface area contributed by atoms with Crippen LogP contribution in [0.1, 0.15) is 21.5 Å². The Morgan fingerprint density at radius 1 is 0.962 bits per heavy atom. The van der Waals surface area contributed by atoms with Crippen LogP contribution in [0.25, 0.3) is 0 Å². The second-order valence-electron chi connectivity index (χ2n) is 5.20. The smallest absolute Gasteiger partial charge is 0.312 e. The lowest BCUT2D eigenvalue weighted by molar-refractivity contribution is 0.0517. The Hall–Kier alpha value is -2.76. The van der Waals surface area contributed by atoms with Gasteiger partial charge < -0.3 is 4.84 Å². The van der Waals surface area contributed by atoms with E-state index in [0.29, 0.717) is 21.9 Å². The highest BCUT2D eigenvalue weighted by Gasteiger charge is 2.13. The molecule has 0 unspecified atom stereocenters. The van der Waals surface area contributed by atoms with Crippen LogP contribution in [-0.2, 0) is 4.84 Å². The van der Waals surface area contributed by atoms with E-state index in [0.717, 1.165) is 0 Å². The van der Waals surface area contributed by atoms with Gasteiger partial charge in [0.25, 0.3) is 0 Å². The minimum atomic E-state index is -0.702. The molecular weight excluding hydrogens is 378 g/mol. The molecule has 130 valence electrons. The third-order valence-corrected chi connectivity index (χ3v) is 4.17. The summed E-state index contributed by atoms with van der Waals surface area (Å²) in [5, 5.41) is 4.51. The molecule has 0 saturated heterocycles. The van der Waals surface area contributed by atoms with Gasteiger partial charge in [-0.05, 0) is 54.6 Å². The number of carbonyl (C=O) groups excluding carboxylic acids is 1. The van der Waals surface area contributed by atoms with E-state index in [4.69, 9.17) is 28.0 Å². The Kier molecular flexibility index (Phi) is 5.61. The van der Waals surface area contributed by atoms with E-state index in [1.54, 1.807) is 24.5 Å². The van der Waals surface area contributed by atoms with Crippen LogP contribution in [0.5, 0.6) is 0 Å². The van der Waals surface area contributed by atoms with Crippen LogP contribution in [0, 0.1) is 5.82 Å². The topological polar surface area (TPSA) is 51.5 Å². The summed E-state index contributed by atoms with van der Waals surface area (Å²) in [6.07, 6.45) is 3.17. The third-order valence-electron chi connectivity index (χ3n) is 3.43. The van der Waals surface area contributed by atoms with Crippen molar-refractivity contribution in [1.29, 1.82) is 0 Å². The Labute approximate surface area is 158 Å². The van der Waals surface area contributed by atoms with Crippen LogP contribution < -0.4 is 0 Å². The van der Waals surface area contributed by atoms with Crippen LogP contribution in [0.15, 0.2) is 72.1 Å². The monoisotopic (exact) mass is 388 g/mol. The second kappa shape index (κ2) is 8.08. The fourth-order valence-electron chi connectivity index (χ4n) is 2.15. The van der Waals surface area contributed by atoms with Gasteiger partial charge in [-0.1, -0.05) is 28.4 Å². The first-order valence-corrected chi connectivity index (χ1v) is 8.21. The average Bonchev–Trinajstić information content (AvgIpc) is 2.66. The number of nitrogens with zero attached hydrogens (tertiary/aromatic N) is 2. The molecule has 0 amide bonds. The van der Waals surface area contributed by atoms with Crippen molar-refractivity contribution in [2.75, 3.05) is 0 Å². The summed E-state index contributed by atoms with van der Waals surface area (Å²) in [7, 11) is 0. The van der Waals surface area contributed by atoms with Gasteiger partial charge in [0.05, 0.1) is 15.6 Å². The molecular formula is C19H11Cl2FN2O2. The molecule has 0 aliphatic rings. The first-order chi connectivity index (χ1) is 12.5. The van der Waals surface area contributed by atoms with Gasteiger partial charge >= 0.3 is 5.97 Å². The summed E-state index contributed by atoms with van der Waals surface area (Å²) in [4.78, 5) is 21.3. The van der Waals surface area contributed by atoms with E-state index < -0.39 is 5.97 Å². The van der Waals surface area contributed by atoms with Gasteiger partial charge in [0.1, 0.15) is 11.5 Å². The summed E-state index contributed by atoms with van der Waals surface area (Å²) < 4.78 is 13.2. The molecule has 3 aromatic rings. The maximum absolute atomic E-state index is 13.2. The van der Waals surface area contributed by atoms with Crippen molar-refractivity contribution in [3.8, 4) is 0 Å². The molecule has 26 heavy (non-hydrogen) atoms. The molecule has 0 aliphatic heterocycles. The average molecular weight is 389 g/mol. The summed E-state index contributed by atoms with van der Waals surface area (Å²) in [6, 6.07) is 13.5. The van der Waals surface area contributed by atoms with Crippen molar-refractivity contribution < 1.29 is 14.0 Å². The van der Waals surface area contributed by atoms with Crippen LogP contribution in [0.4, 0.5) is 4.39 Å². The van der Waals surface area contributed by atoms with Crippen LogP contribution in [0.3, 0.4) is 0 Å². The van der Waals surface area contributed by atoms with Crippen molar-refractivity contribution in [1.82, 2.24) is 4.98 Å². The Balaban J connectivity index is 1.92. The first-order valence-electron chi connectivity index (χ1n) is 7.45. The van der Waals surface area contributed by atoms with Crippen molar-refractivity contribution in [3.05, 3.63) is 99.5 Å². The molecule has 0 fully saturated rings. The van der Waals surface area contributed by atoms with E-state index >= 15 is 0 Å². The minimum Gasteiger partial charge on any atom is -0.312 e. The molecule has 0 radical (unpaired) electrons. The van der Waals surface area contributed by atoms with Crippen LogP contribution in [0.2, 0.25) is 10.0 Å². The first kappa shape index (κ1) is 18.0. The van der Waals surface area contributed by atoms with E-state index in [2.05, 4.69) is 10.1 Å². The van der Waals surface area contributed by atoms with E-state index in [1.807, 2.05) is 0 Å². The van der Waals surface area contributed by atoms with Crippen molar-refractivity contribution >= 4 is 34.9 Å². The Bertz CT molecular complexity index is 961. The van der Waals surface area contributed by atoms with Crippen molar-refractivity contribution in [3.63, 3.8) is 0 Å². The van der Waals surface area contributed by atoms with Gasteiger partial charge in [-0.25, -0.2) is 9.18 Å². The highest BCUT2D eigenvalue weighted by atomic mass is 35.5. The maximum atomic E-state index is 13.2. The zero-order valence-electron chi connectivity index (χ0n) is 13.2. The molecule has 2 aromatic carbocycles. The van der Waals surface area contributed by atoms with E-state index in [9.17, 15) is 9.18 Å². The molecule has 0 spiro atoms. The fourth-order valence-corrected chi connectivity index (χ4v) is 2.44. The number of oxime groups is 1. The van der Waals surface area contributed by atoms with Crippen LogP contribution >= 0.6 is 23.2 Å². The largest absolute Gasteiger partial charge is 0.365 e. The third kappa shape index (κ3) is 4.25. The van der Waals surface area contributed by atoms with Gasteiger partial charge in [0, 0.05) is 23.5 Å². The lowest BCUT2D eigenvalue weighted by atomic mass is 10.0.